The normalized spacial score (nSPS) is 20.9. The molecule has 3 rings (SSSR count). The van der Waals surface area contributed by atoms with Crippen LogP contribution in [-0.4, -0.2) is 37.0 Å². The molecule has 1 aliphatic heterocycles. The Kier molecular flexibility index (Phi) is 6.27. The predicted octanol–water partition coefficient (Wildman–Crippen LogP) is 3.20. The van der Waals surface area contributed by atoms with Crippen LogP contribution < -0.4 is 5.73 Å². The smallest absolute Gasteiger partial charge is 0.290 e. The summed E-state index contributed by atoms with van der Waals surface area (Å²) in [5.41, 5.74) is 7.44. The zero-order valence-electron chi connectivity index (χ0n) is 14.2. The molecule has 6 heteroatoms. The standard InChI is InChI=1S/C18H24N2O3.ClH/c1-12-7-8-20(13(9-12)10-19)18(21)17-15(11-22-2)14-5-3-4-6-16(14)23-17;/h3-6,12-13H,7-11,19H2,1-2H3;1H. The van der Waals surface area contributed by atoms with Crippen LogP contribution in [-0.2, 0) is 11.3 Å². The van der Waals surface area contributed by atoms with Crippen LogP contribution in [0.5, 0.6) is 0 Å². The molecule has 0 aliphatic carbocycles. The van der Waals surface area contributed by atoms with Crippen LogP contribution in [0.15, 0.2) is 28.7 Å². The third kappa shape index (κ3) is 3.43. The Labute approximate surface area is 148 Å². The topological polar surface area (TPSA) is 68.7 Å². The molecule has 1 amide bonds. The number of hydrogen-bond donors (Lipinski definition) is 1. The number of carbonyl (C=O) groups is 1. The number of benzene rings is 1. The van der Waals surface area contributed by atoms with E-state index in [1.807, 2.05) is 29.2 Å². The van der Waals surface area contributed by atoms with E-state index in [9.17, 15) is 4.79 Å². The molecule has 1 saturated heterocycles. The fraction of sp³-hybridized carbons (Fsp3) is 0.500. The maximum absolute atomic E-state index is 13.1. The fourth-order valence-corrected chi connectivity index (χ4v) is 3.43. The first-order valence-corrected chi connectivity index (χ1v) is 8.16. The fourth-order valence-electron chi connectivity index (χ4n) is 3.43. The number of hydrogen-bond acceptors (Lipinski definition) is 4. The Morgan fingerprint density at radius 1 is 1.42 bits per heavy atom. The number of nitrogens with zero attached hydrogens (tertiary/aromatic N) is 1. The van der Waals surface area contributed by atoms with Crippen molar-refractivity contribution in [2.24, 2.45) is 11.7 Å². The van der Waals surface area contributed by atoms with E-state index < -0.39 is 0 Å². The number of piperidine rings is 1. The van der Waals surface area contributed by atoms with Gasteiger partial charge < -0.3 is 19.8 Å². The zero-order valence-corrected chi connectivity index (χ0v) is 15.0. The Bertz CT molecular complexity index is 701. The SMILES string of the molecule is COCc1c(C(=O)N2CCC(C)CC2CN)oc2ccccc12.Cl. The van der Waals surface area contributed by atoms with Gasteiger partial charge in [0.15, 0.2) is 5.76 Å². The third-order valence-electron chi connectivity index (χ3n) is 4.69. The van der Waals surface area contributed by atoms with Gasteiger partial charge in [-0.1, -0.05) is 25.1 Å². The minimum atomic E-state index is -0.0735. The number of amides is 1. The quantitative estimate of drug-likeness (QED) is 0.917. The Morgan fingerprint density at radius 3 is 2.88 bits per heavy atom. The number of fused-ring (bicyclic) bond motifs is 1. The van der Waals surface area contributed by atoms with Crippen molar-refractivity contribution in [2.75, 3.05) is 20.2 Å². The Balaban J connectivity index is 0.00000208. The summed E-state index contributed by atoms with van der Waals surface area (Å²) in [6.07, 6.45) is 1.95. The maximum atomic E-state index is 13.1. The summed E-state index contributed by atoms with van der Waals surface area (Å²) in [6.45, 7) is 3.78. The first-order chi connectivity index (χ1) is 11.2. The van der Waals surface area contributed by atoms with E-state index in [-0.39, 0.29) is 24.4 Å². The van der Waals surface area contributed by atoms with Gasteiger partial charge in [-0.15, -0.1) is 12.4 Å². The second-order valence-corrected chi connectivity index (χ2v) is 6.36. The molecule has 0 bridgehead atoms. The monoisotopic (exact) mass is 352 g/mol. The van der Waals surface area contributed by atoms with Crippen molar-refractivity contribution in [3.05, 3.63) is 35.6 Å². The minimum absolute atomic E-state index is 0. The van der Waals surface area contributed by atoms with Gasteiger partial charge in [0.2, 0.25) is 0 Å². The molecule has 2 heterocycles. The number of nitrogens with two attached hydrogens (primary N) is 1. The molecular weight excluding hydrogens is 328 g/mol. The van der Waals surface area contributed by atoms with Gasteiger partial charge in [-0.25, -0.2) is 0 Å². The van der Waals surface area contributed by atoms with Crippen LogP contribution in [0.3, 0.4) is 0 Å². The molecular formula is C18H25ClN2O3. The van der Waals surface area contributed by atoms with Gasteiger partial charge in [0.1, 0.15) is 5.58 Å². The second-order valence-electron chi connectivity index (χ2n) is 6.36. The summed E-state index contributed by atoms with van der Waals surface area (Å²) < 4.78 is 11.2. The molecule has 2 aromatic rings. The summed E-state index contributed by atoms with van der Waals surface area (Å²) in [5, 5.41) is 0.937. The van der Waals surface area contributed by atoms with Crippen LogP contribution in [0.4, 0.5) is 0 Å². The molecule has 24 heavy (non-hydrogen) atoms. The summed E-state index contributed by atoms with van der Waals surface area (Å²) in [4.78, 5) is 14.9. The van der Waals surface area contributed by atoms with Gasteiger partial charge in [0, 0.05) is 37.2 Å². The van der Waals surface area contributed by atoms with Crippen molar-refractivity contribution in [1.82, 2.24) is 4.90 Å². The first-order valence-electron chi connectivity index (χ1n) is 8.16. The van der Waals surface area contributed by atoms with Crippen molar-refractivity contribution in [3.63, 3.8) is 0 Å². The van der Waals surface area contributed by atoms with Gasteiger partial charge in [-0.2, -0.15) is 0 Å². The van der Waals surface area contributed by atoms with E-state index in [2.05, 4.69) is 6.92 Å². The molecule has 2 unspecified atom stereocenters. The van der Waals surface area contributed by atoms with Gasteiger partial charge in [0.25, 0.3) is 5.91 Å². The molecule has 0 spiro atoms. The molecule has 0 radical (unpaired) electrons. The van der Waals surface area contributed by atoms with Gasteiger partial charge >= 0.3 is 0 Å². The molecule has 1 aliphatic rings. The minimum Gasteiger partial charge on any atom is -0.451 e. The molecule has 1 aromatic heterocycles. The second kappa shape index (κ2) is 8.01. The van der Waals surface area contributed by atoms with Crippen molar-refractivity contribution in [2.45, 2.75) is 32.4 Å². The van der Waals surface area contributed by atoms with Gasteiger partial charge in [0.05, 0.1) is 6.61 Å². The molecule has 1 fully saturated rings. The van der Waals surface area contributed by atoms with E-state index in [0.717, 1.165) is 35.9 Å². The molecule has 1 aromatic carbocycles. The predicted molar refractivity (Wildman–Crippen MR) is 96.5 cm³/mol. The summed E-state index contributed by atoms with van der Waals surface area (Å²) in [7, 11) is 1.63. The zero-order chi connectivity index (χ0) is 16.4. The van der Waals surface area contributed by atoms with Crippen molar-refractivity contribution >= 4 is 29.3 Å². The van der Waals surface area contributed by atoms with Crippen LogP contribution in [0, 0.1) is 5.92 Å². The van der Waals surface area contributed by atoms with E-state index >= 15 is 0 Å². The molecule has 5 nitrogen and oxygen atoms in total. The van der Waals surface area contributed by atoms with Crippen molar-refractivity contribution < 1.29 is 13.9 Å². The van der Waals surface area contributed by atoms with E-state index in [0.29, 0.717) is 24.8 Å². The van der Waals surface area contributed by atoms with Crippen LogP contribution in [0.2, 0.25) is 0 Å². The number of rotatable bonds is 4. The molecule has 132 valence electrons. The highest BCUT2D eigenvalue weighted by Gasteiger charge is 2.33. The van der Waals surface area contributed by atoms with E-state index in [1.54, 1.807) is 7.11 Å². The lowest BCUT2D eigenvalue weighted by atomic mass is 9.92. The molecule has 2 N–H and O–H groups in total. The number of carbonyl (C=O) groups excluding carboxylic acids is 1. The summed E-state index contributed by atoms with van der Waals surface area (Å²) >= 11 is 0. The first kappa shape index (κ1) is 18.8. The summed E-state index contributed by atoms with van der Waals surface area (Å²) in [6, 6.07) is 7.76. The lowest BCUT2D eigenvalue weighted by Gasteiger charge is -2.37. The third-order valence-corrected chi connectivity index (χ3v) is 4.69. The highest BCUT2D eigenvalue weighted by Crippen LogP contribution is 2.30. The molecule has 0 saturated carbocycles. The average Bonchev–Trinajstić information content (AvgIpc) is 2.93. The van der Waals surface area contributed by atoms with Crippen molar-refractivity contribution in [1.29, 1.82) is 0 Å². The highest BCUT2D eigenvalue weighted by molar-refractivity contribution is 5.99. The number of furan rings is 1. The largest absolute Gasteiger partial charge is 0.451 e. The lowest BCUT2D eigenvalue weighted by molar-refractivity contribution is 0.0538. The average molecular weight is 353 g/mol. The van der Waals surface area contributed by atoms with E-state index in [1.165, 1.54) is 0 Å². The number of para-hydroxylation sites is 1. The Hall–Kier alpha value is -1.56. The van der Waals surface area contributed by atoms with E-state index in [4.69, 9.17) is 14.9 Å². The van der Waals surface area contributed by atoms with Crippen LogP contribution >= 0.6 is 12.4 Å². The highest BCUT2D eigenvalue weighted by atomic mass is 35.5. The lowest BCUT2D eigenvalue weighted by Crippen LogP contribution is -2.49. The number of methoxy groups -OCH3 is 1. The molecule has 2 atom stereocenters. The number of ether oxygens (including phenoxy) is 1. The van der Waals surface area contributed by atoms with Crippen molar-refractivity contribution in [3.8, 4) is 0 Å². The number of likely N-dealkylation sites (tertiary alicyclic amines) is 1. The van der Waals surface area contributed by atoms with Gasteiger partial charge in [-0.05, 0) is 24.8 Å². The summed E-state index contributed by atoms with van der Waals surface area (Å²) in [5.74, 6) is 0.915. The Morgan fingerprint density at radius 2 is 2.17 bits per heavy atom. The number of halogens is 1. The van der Waals surface area contributed by atoms with Gasteiger partial charge in [-0.3, -0.25) is 4.79 Å². The van der Waals surface area contributed by atoms with Crippen LogP contribution in [0.1, 0.15) is 35.9 Å². The van der Waals surface area contributed by atoms with Crippen LogP contribution in [0.25, 0.3) is 11.0 Å². The maximum Gasteiger partial charge on any atom is 0.290 e.